The van der Waals surface area contributed by atoms with Crippen molar-refractivity contribution in [3.63, 3.8) is 0 Å². The number of alkyl halides is 3. The maximum Gasteiger partial charge on any atom is 0.436 e. The molecule has 0 radical (unpaired) electrons. The molecule has 1 amide bonds. The second kappa shape index (κ2) is 8.53. The number of aryl methyl sites for hydroxylation is 1. The van der Waals surface area contributed by atoms with Gasteiger partial charge in [0.15, 0.2) is 5.69 Å². The normalized spacial score (nSPS) is 11.3. The van der Waals surface area contributed by atoms with Crippen molar-refractivity contribution < 1.29 is 37.0 Å². The summed E-state index contributed by atoms with van der Waals surface area (Å²) in [5.74, 6) is -2.50. The van der Waals surface area contributed by atoms with E-state index in [0.717, 1.165) is 23.1 Å². The lowest BCUT2D eigenvalue weighted by Crippen LogP contribution is -2.18. The first-order valence-corrected chi connectivity index (χ1v) is 9.54. The zero-order valence-corrected chi connectivity index (χ0v) is 18.0. The molecule has 0 spiro atoms. The Labute approximate surface area is 175 Å². The molecule has 0 atom stereocenters. The van der Waals surface area contributed by atoms with E-state index in [0.29, 0.717) is 0 Å². The molecule has 2 aromatic rings. The van der Waals surface area contributed by atoms with E-state index < -0.39 is 39.9 Å². The Morgan fingerprint density at radius 3 is 2.38 bits per heavy atom. The van der Waals surface area contributed by atoms with E-state index in [2.05, 4.69) is 31.1 Å². The summed E-state index contributed by atoms with van der Waals surface area (Å²) in [6.45, 7) is 3.16. The van der Waals surface area contributed by atoms with Gasteiger partial charge in [0.1, 0.15) is 15.6 Å². The molecule has 0 aliphatic carbocycles. The number of carbonyl (C=O) groups is 3. The summed E-state index contributed by atoms with van der Waals surface area (Å²) < 4.78 is 48.9. The van der Waals surface area contributed by atoms with Crippen LogP contribution in [-0.4, -0.2) is 41.3 Å². The second-order valence-electron chi connectivity index (χ2n) is 5.56. The summed E-state index contributed by atoms with van der Waals surface area (Å²) >= 11 is 3.50. The Bertz CT molecular complexity index is 984. The Hall–Kier alpha value is -2.41. The van der Waals surface area contributed by atoms with Crippen molar-refractivity contribution in [3.05, 3.63) is 31.9 Å². The van der Waals surface area contributed by atoms with Gasteiger partial charge >= 0.3 is 18.1 Å². The predicted molar refractivity (Wildman–Crippen MR) is 100 cm³/mol. The number of methoxy groups -OCH3 is 1. The van der Waals surface area contributed by atoms with Crippen LogP contribution >= 0.6 is 27.3 Å². The first-order chi connectivity index (χ1) is 13.4. The molecule has 0 aromatic carbocycles. The highest BCUT2D eigenvalue weighted by atomic mass is 79.9. The minimum Gasteiger partial charge on any atom is -0.465 e. The van der Waals surface area contributed by atoms with Gasteiger partial charge in [0, 0.05) is 7.05 Å². The van der Waals surface area contributed by atoms with Crippen LogP contribution in [0.1, 0.15) is 48.7 Å². The number of nitrogens with one attached hydrogen (secondary N) is 1. The number of amides is 1. The molecule has 29 heavy (non-hydrogen) atoms. The lowest BCUT2D eigenvalue weighted by Gasteiger charge is -2.07. The number of rotatable bonds is 5. The van der Waals surface area contributed by atoms with Crippen LogP contribution in [0, 0.1) is 6.92 Å². The fourth-order valence-electron chi connectivity index (χ4n) is 2.43. The molecule has 0 bridgehead atoms. The SMILES string of the molecule is CCOC(=O)c1sc(NC(=O)c2c(Br)c(C(F)(F)F)nn2C)c(C(=O)OC)c1C. The van der Waals surface area contributed by atoms with E-state index in [1.165, 1.54) is 14.0 Å². The molecule has 0 aliphatic rings. The van der Waals surface area contributed by atoms with Gasteiger partial charge in [0.05, 0.1) is 23.8 Å². The molecule has 0 fully saturated rings. The van der Waals surface area contributed by atoms with Crippen LogP contribution in [0.15, 0.2) is 4.47 Å². The van der Waals surface area contributed by atoms with Crippen molar-refractivity contribution in [2.45, 2.75) is 20.0 Å². The van der Waals surface area contributed by atoms with Crippen LogP contribution < -0.4 is 5.32 Å². The van der Waals surface area contributed by atoms with Crippen molar-refractivity contribution in [2.24, 2.45) is 7.05 Å². The van der Waals surface area contributed by atoms with Crippen LogP contribution in [-0.2, 0) is 22.7 Å². The van der Waals surface area contributed by atoms with Crippen molar-refractivity contribution in [1.82, 2.24) is 9.78 Å². The Morgan fingerprint density at radius 1 is 1.28 bits per heavy atom. The van der Waals surface area contributed by atoms with Crippen molar-refractivity contribution in [3.8, 4) is 0 Å². The zero-order chi connectivity index (χ0) is 22.1. The smallest absolute Gasteiger partial charge is 0.436 e. The maximum atomic E-state index is 13.0. The Balaban J connectivity index is 2.50. The molecule has 158 valence electrons. The highest BCUT2D eigenvalue weighted by Gasteiger charge is 2.39. The molecule has 2 aromatic heterocycles. The number of nitrogens with zero attached hydrogens (tertiary/aromatic N) is 2. The number of aromatic nitrogens is 2. The standard InChI is InChI=1S/C16H15BrF3N3O5S/c1-5-28-15(26)10-6(2)7(14(25)27-4)13(29-10)21-12(24)9-8(17)11(16(18,19)20)22-23(9)3/h5H2,1-4H3,(H,21,24). The molecule has 0 saturated carbocycles. The molecular weight excluding hydrogens is 483 g/mol. The molecule has 1 N–H and O–H groups in total. The quantitative estimate of drug-likeness (QED) is 0.630. The summed E-state index contributed by atoms with van der Waals surface area (Å²) in [7, 11) is 2.28. The van der Waals surface area contributed by atoms with E-state index in [4.69, 9.17) is 4.74 Å². The first-order valence-electron chi connectivity index (χ1n) is 7.93. The summed E-state index contributed by atoms with van der Waals surface area (Å²) in [5.41, 5.74) is -1.57. The predicted octanol–water partition coefficient (Wildman–Crippen LogP) is 3.79. The van der Waals surface area contributed by atoms with Crippen LogP contribution in [0.2, 0.25) is 0 Å². The van der Waals surface area contributed by atoms with E-state index in [1.807, 2.05) is 0 Å². The number of carbonyl (C=O) groups excluding carboxylic acids is 3. The monoisotopic (exact) mass is 497 g/mol. The topological polar surface area (TPSA) is 99.5 Å². The fourth-order valence-corrected chi connectivity index (χ4v) is 4.25. The molecule has 2 heterocycles. The van der Waals surface area contributed by atoms with E-state index in [1.54, 1.807) is 6.92 Å². The van der Waals surface area contributed by atoms with Crippen LogP contribution in [0.5, 0.6) is 0 Å². The fraction of sp³-hybridized carbons (Fsp3) is 0.375. The minimum atomic E-state index is -4.77. The lowest BCUT2D eigenvalue weighted by atomic mass is 10.1. The lowest BCUT2D eigenvalue weighted by molar-refractivity contribution is -0.142. The van der Waals surface area contributed by atoms with Crippen molar-refractivity contribution >= 4 is 50.1 Å². The molecular formula is C16H15BrF3N3O5S. The summed E-state index contributed by atoms with van der Waals surface area (Å²) in [6, 6.07) is 0. The van der Waals surface area contributed by atoms with Crippen LogP contribution in [0.3, 0.4) is 0 Å². The molecule has 2 rings (SSSR count). The highest BCUT2D eigenvalue weighted by Crippen LogP contribution is 2.37. The van der Waals surface area contributed by atoms with Gasteiger partial charge in [-0.3, -0.25) is 9.48 Å². The number of hydrogen-bond donors (Lipinski definition) is 1. The number of halogens is 4. The second-order valence-corrected chi connectivity index (χ2v) is 7.37. The average molecular weight is 498 g/mol. The number of hydrogen-bond acceptors (Lipinski definition) is 7. The number of esters is 2. The first kappa shape index (κ1) is 22.9. The van der Waals surface area contributed by atoms with Gasteiger partial charge in [-0.15, -0.1) is 11.3 Å². The molecule has 0 saturated heterocycles. The van der Waals surface area contributed by atoms with E-state index >= 15 is 0 Å². The van der Waals surface area contributed by atoms with E-state index in [-0.39, 0.29) is 27.6 Å². The zero-order valence-electron chi connectivity index (χ0n) is 15.6. The maximum absolute atomic E-state index is 13.0. The van der Waals surface area contributed by atoms with Gasteiger partial charge in [0.2, 0.25) is 0 Å². The Kier molecular flexibility index (Phi) is 6.73. The molecule has 13 heteroatoms. The minimum absolute atomic E-state index is 0.0580. The van der Waals surface area contributed by atoms with Crippen molar-refractivity contribution in [1.29, 1.82) is 0 Å². The van der Waals surface area contributed by atoms with E-state index in [9.17, 15) is 27.6 Å². The third kappa shape index (κ3) is 4.45. The van der Waals surface area contributed by atoms with Gasteiger partial charge in [-0.2, -0.15) is 18.3 Å². The summed E-state index contributed by atoms with van der Waals surface area (Å²) in [6.07, 6.45) is -4.77. The highest BCUT2D eigenvalue weighted by molar-refractivity contribution is 9.10. The van der Waals surface area contributed by atoms with Crippen molar-refractivity contribution in [2.75, 3.05) is 19.0 Å². The molecule has 0 aliphatic heterocycles. The third-order valence-electron chi connectivity index (χ3n) is 3.70. The largest absolute Gasteiger partial charge is 0.465 e. The molecule has 8 nitrogen and oxygen atoms in total. The molecule has 0 unspecified atom stereocenters. The third-order valence-corrected chi connectivity index (χ3v) is 5.64. The number of anilines is 1. The van der Waals surface area contributed by atoms with Gasteiger partial charge < -0.3 is 14.8 Å². The van der Waals surface area contributed by atoms with Gasteiger partial charge in [0.25, 0.3) is 5.91 Å². The van der Waals surface area contributed by atoms with Gasteiger partial charge in [-0.25, -0.2) is 9.59 Å². The summed E-state index contributed by atoms with van der Waals surface area (Å²) in [5, 5.41) is 5.61. The number of thiophene rings is 1. The van der Waals surface area contributed by atoms with Gasteiger partial charge in [-0.05, 0) is 35.3 Å². The van der Waals surface area contributed by atoms with Crippen LogP contribution in [0.25, 0.3) is 0 Å². The summed E-state index contributed by atoms with van der Waals surface area (Å²) in [4.78, 5) is 36.9. The van der Waals surface area contributed by atoms with Gasteiger partial charge in [-0.1, -0.05) is 0 Å². The van der Waals surface area contributed by atoms with Crippen LogP contribution in [0.4, 0.5) is 18.2 Å². The Morgan fingerprint density at radius 2 is 1.90 bits per heavy atom. The average Bonchev–Trinajstić information content (AvgIpc) is 3.10. The number of ether oxygens (including phenoxy) is 2.